The minimum Gasteiger partial charge on any atom is -0.321 e. The molecule has 0 unspecified atom stereocenters. The Labute approximate surface area is 115 Å². The van der Waals surface area contributed by atoms with E-state index in [1.165, 1.54) is 12.1 Å². The summed E-state index contributed by atoms with van der Waals surface area (Å²) in [5, 5.41) is 11.0. The summed E-state index contributed by atoms with van der Waals surface area (Å²) in [7, 11) is 0. The van der Waals surface area contributed by atoms with Gasteiger partial charge in [-0.1, -0.05) is 18.2 Å². The van der Waals surface area contributed by atoms with Gasteiger partial charge in [0, 0.05) is 18.3 Å². The number of benzene rings is 2. The van der Waals surface area contributed by atoms with Gasteiger partial charge in [-0.15, -0.1) is 0 Å². The Kier molecular flexibility index (Phi) is 4.27. The van der Waals surface area contributed by atoms with Crippen LogP contribution in [0.1, 0.15) is 11.1 Å². The van der Waals surface area contributed by atoms with E-state index in [-0.39, 0.29) is 17.8 Å². The number of hydrazine groups is 1. The Morgan fingerprint density at radius 1 is 1.25 bits per heavy atom. The predicted molar refractivity (Wildman–Crippen MR) is 74.7 cm³/mol. The first kappa shape index (κ1) is 14.0. The summed E-state index contributed by atoms with van der Waals surface area (Å²) < 4.78 is 13.8. The van der Waals surface area contributed by atoms with Crippen LogP contribution in [0.15, 0.2) is 42.5 Å². The van der Waals surface area contributed by atoms with Crippen LogP contribution in [0.3, 0.4) is 0 Å². The van der Waals surface area contributed by atoms with Crippen LogP contribution in [0.25, 0.3) is 0 Å². The molecule has 5 nitrogen and oxygen atoms in total. The number of halogens is 1. The van der Waals surface area contributed by atoms with Crippen molar-refractivity contribution in [2.45, 2.75) is 13.5 Å². The lowest BCUT2D eigenvalue weighted by Gasteiger charge is -2.10. The van der Waals surface area contributed by atoms with Gasteiger partial charge in [-0.05, 0) is 30.7 Å². The number of nitrogens with one attached hydrogen (secondary N) is 2. The van der Waals surface area contributed by atoms with Gasteiger partial charge < -0.3 is 5.43 Å². The van der Waals surface area contributed by atoms with Gasteiger partial charge >= 0.3 is 0 Å². The molecule has 104 valence electrons. The Morgan fingerprint density at radius 2 is 1.95 bits per heavy atom. The van der Waals surface area contributed by atoms with E-state index in [0.717, 1.165) is 5.69 Å². The van der Waals surface area contributed by atoms with E-state index in [2.05, 4.69) is 10.9 Å². The van der Waals surface area contributed by atoms with Gasteiger partial charge in [0.1, 0.15) is 5.82 Å². The highest BCUT2D eigenvalue weighted by atomic mass is 19.1. The molecule has 6 heteroatoms. The zero-order valence-electron chi connectivity index (χ0n) is 10.9. The number of rotatable bonds is 5. The summed E-state index contributed by atoms with van der Waals surface area (Å²) in [6.45, 7) is 1.63. The molecule has 0 amide bonds. The molecule has 0 aliphatic carbocycles. The average Bonchev–Trinajstić information content (AvgIpc) is 2.41. The van der Waals surface area contributed by atoms with Gasteiger partial charge in [0.15, 0.2) is 0 Å². The van der Waals surface area contributed by atoms with E-state index in [4.69, 9.17) is 0 Å². The Morgan fingerprint density at radius 3 is 2.60 bits per heavy atom. The summed E-state index contributed by atoms with van der Waals surface area (Å²) in [6, 6.07) is 11.9. The van der Waals surface area contributed by atoms with E-state index in [0.29, 0.717) is 5.56 Å². The fourth-order valence-electron chi connectivity index (χ4n) is 1.85. The standard InChI is InChI=1S/C14H14FN3O2/c1-10-7-13(15)12(14(8-10)18(19)20)9-16-17-11-5-3-2-4-6-11/h2-8,16-17H,9H2,1H3. The second-order valence-electron chi connectivity index (χ2n) is 4.35. The topological polar surface area (TPSA) is 67.2 Å². The molecule has 0 saturated heterocycles. The molecule has 0 bridgehead atoms. The second kappa shape index (κ2) is 6.12. The quantitative estimate of drug-likeness (QED) is 0.649. The van der Waals surface area contributed by atoms with Crippen molar-refractivity contribution in [3.05, 3.63) is 69.5 Å². The number of nitro benzene ring substituents is 1. The van der Waals surface area contributed by atoms with Crippen molar-refractivity contribution in [2.24, 2.45) is 0 Å². The molecule has 2 aromatic rings. The highest BCUT2D eigenvalue weighted by Gasteiger charge is 2.18. The third kappa shape index (κ3) is 3.30. The first-order valence-corrected chi connectivity index (χ1v) is 6.05. The third-order valence-electron chi connectivity index (χ3n) is 2.78. The number of para-hydroxylation sites is 1. The molecule has 0 aromatic heterocycles. The van der Waals surface area contributed by atoms with Crippen LogP contribution in [-0.4, -0.2) is 4.92 Å². The summed E-state index contributed by atoms with van der Waals surface area (Å²) in [6.07, 6.45) is 0. The van der Waals surface area contributed by atoms with E-state index in [1.807, 2.05) is 30.3 Å². The first-order valence-electron chi connectivity index (χ1n) is 6.05. The smallest absolute Gasteiger partial charge is 0.277 e. The number of hydrogen-bond acceptors (Lipinski definition) is 4. The Hall–Kier alpha value is -2.47. The van der Waals surface area contributed by atoms with E-state index >= 15 is 0 Å². The number of hydrogen-bond donors (Lipinski definition) is 2. The van der Waals surface area contributed by atoms with Crippen LogP contribution in [0.5, 0.6) is 0 Å². The van der Waals surface area contributed by atoms with Crippen LogP contribution in [0, 0.1) is 22.9 Å². The molecule has 0 aliphatic heterocycles. The zero-order chi connectivity index (χ0) is 14.5. The molecule has 0 fully saturated rings. The van der Waals surface area contributed by atoms with Crippen LogP contribution < -0.4 is 10.9 Å². The normalized spacial score (nSPS) is 10.3. The third-order valence-corrected chi connectivity index (χ3v) is 2.78. The van der Waals surface area contributed by atoms with Crippen LogP contribution in [0.4, 0.5) is 15.8 Å². The molecule has 0 spiro atoms. The van der Waals surface area contributed by atoms with Crippen molar-refractivity contribution in [2.75, 3.05) is 5.43 Å². The predicted octanol–water partition coefficient (Wildman–Crippen LogP) is 3.16. The fourth-order valence-corrected chi connectivity index (χ4v) is 1.85. The maximum atomic E-state index is 13.8. The molecule has 2 rings (SSSR count). The highest BCUT2D eigenvalue weighted by molar-refractivity contribution is 5.45. The number of aryl methyl sites for hydroxylation is 1. The largest absolute Gasteiger partial charge is 0.321 e. The van der Waals surface area contributed by atoms with Crippen LogP contribution in [-0.2, 0) is 6.54 Å². The van der Waals surface area contributed by atoms with Crippen molar-refractivity contribution in [3.63, 3.8) is 0 Å². The van der Waals surface area contributed by atoms with Crippen LogP contribution >= 0.6 is 0 Å². The highest BCUT2D eigenvalue weighted by Crippen LogP contribution is 2.23. The summed E-state index contributed by atoms with van der Waals surface area (Å²) in [4.78, 5) is 10.4. The molecular weight excluding hydrogens is 261 g/mol. The van der Waals surface area contributed by atoms with Gasteiger partial charge in [0.25, 0.3) is 5.69 Å². The maximum Gasteiger partial charge on any atom is 0.277 e. The number of nitro groups is 1. The van der Waals surface area contributed by atoms with E-state index in [9.17, 15) is 14.5 Å². The maximum absolute atomic E-state index is 13.8. The first-order chi connectivity index (χ1) is 9.58. The second-order valence-corrected chi connectivity index (χ2v) is 4.35. The Balaban J connectivity index is 2.11. The van der Waals surface area contributed by atoms with Crippen molar-refractivity contribution >= 4 is 11.4 Å². The summed E-state index contributed by atoms with van der Waals surface area (Å²) in [5.74, 6) is -0.584. The minimum atomic E-state index is -0.584. The molecule has 2 N–H and O–H groups in total. The van der Waals surface area contributed by atoms with Gasteiger partial charge in [0.2, 0.25) is 0 Å². The molecule has 0 atom stereocenters. The lowest BCUT2D eigenvalue weighted by Crippen LogP contribution is -2.22. The Bertz CT molecular complexity index is 617. The van der Waals surface area contributed by atoms with Crippen molar-refractivity contribution < 1.29 is 9.31 Å². The van der Waals surface area contributed by atoms with Crippen molar-refractivity contribution in [1.82, 2.24) is 5.43 Å². The molecule has 0 saturated carbocycles. The number of anilines is 1. The lowest BCUT2D eigenvalue weighted by atomic mass is 10.1. The van der Waals surface area contributed by atoms with Gasteiger partial charge in [0.05, 0.1) is 10.5 Å². The number of nitrogens with zero attached hydrogens (tertiary/aromatic N) is 1. The van der Waals surface area contributed by atoms with E-state index < -0.39 is 10.7 Å². The monoisotopic (exact) mass is 275 g/mol. The molecule has 0 aliphatic rings. The van der Waals surface area contributed by atoms with Gasteiger partial charge in [-0.3, -0.25) is 10.1 Å². The summed E-state index contributed by atoms with van der Waals surface area (Å²) in [5.41, 5.74) is 6.77. The van der Waals surface area contributed by atoms with Gasteiger partial charge in [-0.25, -0.2) is 9.82 Å². The lowest BCUT2D eigenvalue weighted by molar-refractivity contribution is -0.385. The zero-order valence-corrected chi connectivity index (χ0v) is 10.9. The molecule has 0 radical (unpaired) electrons. The minimum absolute atomic E-state index is 0.0112. The van der Waals surface area contributed by atoms with Crippen molar-refractivity contribution in [3.8, 4) is 0 Å². The fraction of sp³-hybridized carbons (Fsp3) is 0.143. The SMILES string of the molecule is Cc1cc(F)c(CNNc2ccccc2)c([N+](=O)[O-])c1. The molecule has 20 heavy (non-hydrogen) atoms. The summed E-state index contributed by atoms with van der Waals surface area (Å²) >= 11 is 0. The molecule has 0 heterocycles. The molecule has 2 aromatic carbocycles. The van der Waals surface area contributed by atoms with Crippen LogP contribution in [0.2, 0.25) is 0 Å². The van der Waals surface area contributed by atoms with E-state index in [1.54, 1.807) is 6.92 Å². The average molecular weight is 275 g/mol. The molecular formula is C14H14FN3O2. The van der Waals surface area contributed by atoms with Crippen molar-refractivity contribution in [1.29, 1.82) is 0 Å². The van der Waals surface area contributed by atoms with Gasteiger partial charge in [-0.2, -0.15) is 0 Å².